The fourth-order valence-corrected chi connectivity index (χ4v) is 2.50. The van der Waals surface area contributed by atoms with E-state index in [2.05, 4.69) is 47.8 Å². The molecule has 0 spiro atoms. The fraction of sp³-hybridized carbons (Fsp3) is 0.300. The lowest BCUT2D eigenvalue weighted by Crippen LogP contribution is -2.24. The smallest absolute Gasteiger partial charge is 0.333 e. The van der Waals surface area contributed by atoms with Crippen LogP contribution in [0.1, 0.15) is 36.4 Å². The average molecular weight is 357 g/mol. The lowest BCUT2D eigenvalue weighted by atomic mass is 10.1. The van der Waals surface area contributed by atoms with Gasteiger partial charge in [0.25, 0.3) is 6.47 Å². The number of methoxy groups -OCH3 is 1. The van der Waals surface area contributed by atoms with Crippen molar-refractivity contribution in [1.29, 1.82) is 0 Å². The van der Waals surface area contributed by atoms with Gasteiger partial charge in [-0.25, -0.2) is 4.79 Å². The Balaban J connectivity index is 0.000000500. The minimum absolute atomic E-state index is 0.0427. The summed E-state index contributed by atoms with van der Waals surface area (Å²) in [5.41, 5.74) is 4.21. The Bertz CT molecular complexity index is 799. The van der Waals surface area contributed by atoms with Crippen molar-refractivity contribution in [2.45, 2.75) is 33.9 Å². The van der Waals surface area contributed by atoms with Crippen LogP contribution in [-0.4, -0.2) is 22.7 Å². The van der Waals surface area contributed by atoms with Crippen LogP contribution in [0.2, 0.25) is 0 Å². The van der Waals surface area contributed by atoms with E-state index in [4.69, 9.17) is 4.79 Å². The standard InChI is InChI=1S/C16H17N3O.C2H4O2.C2H6/c1-3-18-14-8-9-17-10-15(14)19(16(18)20)11-13-6-4-12(2)5-7-13;1-4-2-3;1-2/h3-9,17H,1,10-11H2,2H3;2H,1H3;1-2H3. The number of benzene rings is 1. The average Bonchev–Trinajstić information content (AvgIpc) is 2.96. The fourth-order valence-electron chi connectivity index (χ4n) is 2.50. The van der Waals surface area contributed by atoms with Crippen LogP contribution in [-0.2, 0) is 22.6 Å². The lowest BCUT2D eigenvalue weighted by molar-refractivity contribution is -0.126. The van der Waals surface area contributed by atoms with Crippen molar-refractivity contribution < 1.29 is 9.53 Å². The molecule has 0 radical (unpaired) electrons. The number of aromatic nitrogens is 2. The molecule has 3 rings (SSSR count). The van der Waals surface area contributed by atoms with E-state index < -0.39 is 0 Å². The van der Waals surface area contributed by atoms with Crippen LogP contribution in [0.25, 0.3) is 12.3 Å². The van der Waals surface area contributed by atoms with Gasteiger partial charge in [-0.05, 0) is 24.8 Å². The van der Waals surface area contributed by atoms with E-state index in [9.17, 15) is 4.79 Å². The molecule has 0 saturated heterocycles. The molecule has 1 aromatic carbocycles. The van der Waals surface area contributed by atoms with Gasteiger partial charge >= 0.3 is 5.69 Å². The summed E-state index contributed by atoms with van der Waals surface area (Å²) in [6.07, 6.45) is 5.34. The molecule has 1 N–H and O–H groups in total. The molecule has 0 saturated carbocycles. The van der Waals surface area contributed by atoms with E-state index in [1.54, 1.807) is 15.3 Å². The molecule has 6 nitrogen and oxygen atoms in total. The van der Waals surface area contributed by atoms with Gasteiger partial charge in [0.15, 0.2) is 0 Å². The molecule has 2 heterocycles. The van der Waals surface area contributed by atoms with Crippen LogP contribution in [0.3, 0.4) is 0 Å². The number of imidazole rings is 1. The van der Waals surface area contributed by atoms with Crippen molar-refractivity contribution in [2.24, 2.45) is 0 Å². The van der Waals surface area contributed by atoms with Crippen LogP contribution in [0, 0.1) is 6.92 Å². The van der Waals surface area contributed by atoms with Gasteiger partial charge in [-0.2, -0.15) is 0 Å². The zero-order chi connectivity index (χ0) is 19.5. The second-order valence-electron chi connectivity index (χ2n) is 5.28. The van der Waals surface area contributed by atoms with Gasteiger partial charge in [0.1, 0.15) is 0 Å². The number of rotatable bonds is 4. The highest BCUT2D eigenvalue weighted by molar-refractivity contribution is 5.53. The van der Waals surface area contributed by atoms with E-state index in [0.29, 0.717) is 19.6 Å². The number of hydrogen-bond donors (Lipinski definition) is 1. The Hall–Kier alpha value is -3.02. The van der Waals surface area contributed by atoms with Gasteiger partial charge in [0.05, 0.1) is 31.6 Å². The van der Waals surface area contributed by atoms with Crippen molar-refractivity contribution in [3.8, 4) is 0 Å². The van der Waals surface area contributed by atoms with Crippen molar-refractivity contribution in [2.75, 3.05) is 7.11 Å². The molecule has 0 atom stereocenters. The summed E-state index contributed by atoms with van der Waals surface area (Å²) in [7, 11) is 1.31. The first-order valence-corrected chi connectivity index (χ1v) is 8.50. The van der Waals surface area contributed by atoms with Crippen LogP contribution in [0.4, 0.5) is 0 Å². The van der Waals surface area contributed by atoms with E-state index in [0.717, 1.165) is 17.0 Å². The number of nitrogens with one attached hydrogen (secondary N) is 1. The minimum atomic E-state index is -0.0427. The van der Waals surface area contributed by atoms with Crippen LogP contribution in [0.15, 0.2) is 41.8 Å². The van der Waals surface area contributed by atoms with Crippen LogP contribution in [0.5, 0.6) is 0 Å². The molecule has 2 aromatic rings. The van der Waals surface area contributed by atoms with Gasteiger partial charge in [-0.15, -0.1) is 0 Å². The number of carbonyl (C=O) groups excluding carboxylic acids is 1. The van der Waals surface area contributed by atoms with Gasteiger partial charge in [-0.3, -0.25) is 13.9 Å². The quantitative estimate of drug-likeness (QED) is 0.855. The third-order valence-corrected chi connectivity index (χ3v) is 3.69. The first-order valence-electron chi connectivity index (χ1n) is 8.50. The molecular formula is C20H27N3O3. The largest absolute Gasteiger partial charge is 0.471 e. The molecule has 0 unspecified atom stereocenters. The first kappa shape index (κ1) is 21.0. The Morgan fingerprint density at radius 1 is 1.27 bits per heavy atom. The van der Waals surface area contributed by atoms with E-state index in [1.807, 2.05) is 26.1 Å². The predicted molar refractivity (Wildman–Crippen MR) is 106 cm³/mol. The molecule has 1 aliphatic heterocycles. The summed E-state index contributed by atoms with van der Waals surface area (Å²) in [5.74, 6) is 0. The molecule has 0 amide bonds. The van der Waals surface area contributed by atoms with Crippen molar-refractivity contribution >= 4 is 18.7 Å². The normalized spacial score (nSPS) is 10.9. The Morgan fingerprint density at radius 3 is 2.42 bits per heavy atom. The molecule has 1 aromatic heterocycles. The van der Waals surface area contributed by atoms with Gasteiger partial charge in [0, 0.05) is 6.20 Å². The second kappa shape index (κ2) is 10.8. The molecular weight excluding hydrogens is 330 g/mol. The van der Waals surface area contributed by atoms with Gasteiger partial charge in [0.2, 0.25) is 0 Å². The van der Waals surface area contributed by atoms with Crippen LogP contribution < -0.4 is 11.0 Å². The van der Waals surface area contributed by atoms with Crippen molar-refractivity contribution in [3.63, 3.8) is 0 Å². The number of aryl methyl sites for hydroxylation is 1. The van der Waals surface area contributed by atoms with Crippen molar-refractivity contribution in [1.82, 2.24) is 14.5 Å². The lowest BCUT2D eigenvalue weighted by Gasteiger charge is -2.12. The number of fused-ring (bicyclic) bond motifs is 1. The molecule has 140 valence electrons. The zero-order valence-electron chi connectivity index (χ0n) is 15.9. The molecule has 6 heteroatoms. The maximum Gasteiger partial charge on any atom is 0.333 e. The summed E-state index contributed by atoms with van der Waals surface area (Å²) in [4.78, 5) is 21.4. The Morgan fingerprint density at radius 2 is 1.88 bits per heavy atom. The number of nitrogens with zero attached hydrogens (tertiary/aromatic N) is 2. The van der Waals surface area contributed by atoms with E-state index >= 15 is 0 Å². The highest BCUT2D eigenvalue weighted by atomic mass is 16.5. The van der Waals surface area contributed by atoms with E-state index in [1.165, 1.54) is 12.7 Å². The third kappa shape index (κ3) is 4.99. The highest BCUT2D eigenvalue weighted by Gasteiger charge is 2.18. The van der Waals surface area contributed by atoms with Gasteiger partial charge < -0.3 is 10.1 Å². The maximum absolute atomic E-state index is 12.5. The maximum atomic E-state index is 12.5. The molecule has 0 bridgehead atoms. The molecule has 26 heavy (non-hydrogen) atoms. The summed E-state index contributed by atoms with van der Waals surface area (Å²) < 4.78 is 7.26. The minimum Gasteiger partial charge on any atom is -0.471 e. The third-order valence-electron chi connectivity index (χ3n) is 3.69. The molecule has 1 aliphatic rings. The summed E-state index contributed by atoms with van der Waals surface area (Å²) >= 11 is 0. The zero-order valence-corrected chi connectivity index (χ0v) is 15.9. The van der Waals surface area contributed by atoms with Gasteiger partial charge in [-0.1, -0.05) is 50.3 Å². The summed E-state index contributed by atoms with van der Waals surface area (Å²) in [6, 6.07) is 8.25. The monoisotopic (exact) mass is 357 g/mol. The summed E-state index contributed by atoms with van der Waals surface area (Å²) in [6.45, 7) is 11.4. The Kier molecular flexibility index (Phi) is 8.70. The molecule has 0 fully saturated rings. The Labute approximate surface area is 154 Å². The highest BCUT2D eigenvalue weighted by Crippen LogP contribution is 2.16. The number of carbonyl (C=O) groups is 1. The SMILES string of the molecule is C=Cn1c2c(n(Cc3ccc(C)cc3)c1=O)CNC=C2.CC.COC=O. The number of hydrogen-bond acceptors (Lipinski definition) is 4. The van der Waals surface area contributed by atoms with E-state index in [-0.39, 0.29) is 5.69 Å². The number of ether oxygens (including phenoxy) is 1. The predicted octanol–water partition coefficient (Wildman–Crippen LogP) is 3.00. The van der Waals surface area contributed by atoms with Crippen molar-refractivity contribution in [3.05, 3.63) is 70.0 Å². The van der Waals surface area contributed by atoms with Crippen LogP contribution >= 0.6 is 0 Å². The second-order valence-corrected chi connectivity index (χ2v) is 5.28. The topological polar surface area (TPSA) is 65.3 Å². The first-order chi connectivity index (χ1) is 12.6. The summed E-state index contributed by atoms with van der Waals surface area (Å²) in [5, 5.41) is 3.15. The molecule has 0 aliphatic carbocycles.